The molecule has 0 fully saturated rings. The fraction of sp³-hybridized carbons (Fsp3) is 0.308. The molecule has 1 aromatic heterocycles. The molecule has 1 heterocycles. The first-order valence-corrected chi connectivity index (χ1v) is 7.50. The van der Waals surface area contributed by atoms with Crippen LogP contribution in [0.1, 0.15) is 12.7 Å². The Labute approximate surface area is 139 Å². The summed E-state index contributed by atoms with van der Waals surface area (Å²) in [5.41, 5.74) is 0.447. The van der Waals surface area contributed by atoms with Crippen LogP contribution in [0.4, 0.5) is 18.9 Å². The Kier molecular flexibility index (Phi) is 5.22. The van der Waals surface area contributed by atoms with Gasteiger partial charge in [0.2, 0.25) is 11.1 Å². The summed E-state index contributed by atoms with van der Waals surface area (Å²) in [6.07, 6.45) is -4.72. The lowest BCUT2D eigenvalue weighted by atomic mass is 10.3. The van der Waals surface area contributed by atoms with Gasteiger partial charge in [-0.1, -0.05) is 23.9 Å². The van der Waals surface area contributed by atoms with Crippen LogP contribution < -0.4 is 15.9 Å². The van der Waals surface area contributed by atoms with E-state index in [0.717, 1.165) is 11.8 Å². The number of benzene rings is 1. The molecule has 0 spiro atoms. The number of para-hydroxylation sites is 2. The fourth-order valence-corrected chi connectivity index (χ4v) is 2.51. The van der Waals surface area contributed by atoms with Gasteiger partial charge in [0.15, 0.2) is 0 Å². The molecule has 0 aliphatic heterocycles. The summed E-state index contributed by atoms with van der Waals surface area (Å²) in [7, 11) is 1.46. The van der Waals surface area contributed by atoms with Crippen LogP contribution in [0.3, 0.4) is 0 Å². The van der Waals surface area contributed by atoms with E-state index in [0.29, 0.717) is 16.1 Å². The molecule has 1 amide bonds. The van der Waals surface area contributed by atoms with Crippen LogP contribution >= 0.6 is 11.8 Å². The molecule has 0 saturated heterocycles. The van der Waals surface area contributed by atoms with Crippen LogP contribution in [-0.2, 0) is 11.0 Å². The number of anilines is 1. The Morgan fingerprint density at radius 1 is 1.38 bits per heavy atom. The number of amides is 1. The van der Waals surface area contributed by atoms with Gasteiger partial charge in [-0.15, -0.1) is 10.2 Å². The molecular weight excluding hydrogens is 347 g/mol. The average molecular weight is 361 g/mol. The van der Waals surface area contributed by atoms with Crippen molar-refractivity contribution in [3.8, 4) is 5.75 Å². The summed E-state index contributed by atoms with van der Waals surface area (Å²) in [4.78, 5) is 12.2. The summed E-state index contributed by atoms with van der Waals surface area (Å²) in [6.45, 7) is 1.51. The summed E-state index contributed by atoms with van der Waals surface area (Å²) in [5, 5.41) is 8.03. The number of rotatable bonds is 5. The molecule has 0 bridgehead atoms. The molecule has 7 nitrogen and oxygen atoms in total. The number of carbonyl (C=O) groups excluding carboxylic acids is 1. The van der Waals surface area contributed by atoms with Crippen molar-refractivity contribution in [3.05, 3.63) is 30.1 Å². The number of nitrogens with zero attached hydrogens (tertiary/aromatic N) is 3. The Morgan fingerprint density at radius 2 is 2.04 bits per heavy atom. The highest BCUT2D eigenvalue weighted by atomic mass is 32.2. The van der Waals surface area contributed by atoms with E-state index in [9.17, 15) is 18.0 Å². The van der Waals surface area contributed by atoms with Crippen LogP contribution in [0.15, 0.2) is 29.4 Å². The minimum Gasteiger partial charge on any atom is -0.495 e. The molecule has 2 rings (SSSR count). The van der Waals surface area contributed by atoms with Gasteiger partial charge < -0.3 is 15.9 Å². The first-order valence-electron chi connectivity index (χ1n) is 6.62. The van der Waals surface area contributed by atoms with Crippen molar-refractivity contribution < 1.29 is 22.7 Å². The highest BCUT2D eigenvalue weighted by Crippen LogP contribution is 2.30. The molecule has 1 aromatic carbocycles. The topological polar surface area (TPSA) is 95.1 Å². The highest BCUT2D eigenvalue weighted by Gasteiger charge is 2.38. The number of halogens is 3. The molecular formula is C13H14F3N5O2S. The van der Waals surface area contributed by atoms with Gasteiger partial charge in [-0.3, -0.25) is 4.79 Å². The van der Waals surface area contributed by atoms with Crippen LogP contribution in [0.2, 0.25) is 0 Å². The first kappa shape index (κ1) is 17.9. The lowest BCUT2D eigenvalue weighted by Crippen LogP contribution is -2.25. The second-order valence-electron chi connectivity index (χ2n) is 4.62. The largest absolute Gasteiger partial charge is 0.495 e. The quantitative estimate of drug-likeness (QED) is 0.626. The second-order valence-corrected chi connectivity index (χ2v) is 5.93. The molecule has 3 N–H and O–H groups in total. The van der Waals surface area contributed by atoms with Crippen molar-refractivity contribution in [2.75, 3.05) is 18.3 Å². The number of aromatic nitrogens is 3. The van der Waals surface area contributed by atoms with Gasteiger partial charge >= 0.3 is 6.18 Å². The third kappa shape index (κ3) is 3.91. The molecule has 0 aliphatic carbocycles. The average Bonchev–Trinajstić information content (AvgIpc) is 2.88. The molecule has 0 radical (unpaired) electrons. The maximum atomic E-state index is 12.6. The normalized spacial score (nSPS) is 12.7. The molecule has 0 unspecified atom stereocenters. The van der Waals surface area contributed by atoms with E-state index < -0.39 is 23.2 Å². The number of nitrogens with two attached hydrogens (primary N) is 1. The molecule has 24 heavy (non-hydrogen) atoms. The van der Waals surface area contributed by atoms with E-state index in [4.69, 9.17) is 10.6 Å². The fourth-order valence-electron chi connectivity index (χ4n) is 1.74. The highest BCUT2D eigenvalue weighted by molar-refractivity contribution is 8.00. The predicted molar refractivity (Wildman–Crippen MR) is 82.1 cm³/mol. The number of hydrogen-bond donors (Lipinski definition) is 2. The number of methoxy groups -OCH3 is 1. The minimum atomic E-state index is -4.72. The van der Waals surface area contributed by atoms with Crippen molar-refractivity contribution >= 4 is 23.4 Å². The Morgan fingerprint density at radius 3 is 2.62 bits per heavy atom. The molecule has 1 atom stereocenters. The summed E-state index contributed by atoms with van der Waals surface area (Å²) in [6, 6.07) is 6.76. The van der Waals surface area contributed by atoms with Crippen LogP contribution in [0.25, 0.3) is 0 Å². The third-order valence-electron chi connectivity index (χ3n) is 2.93. The zero-order chi connectivity index (χ0) is 17.9. The number of alkyl halides is 3. The summed E-state index contributed by atoms with van der Waals surface area (Å²) in [5.74, 6) is 4.02. The van der Waals surface area contributed by atoms with E-state index in [1.165, 1.54) is 14.0 Å². The van der Waals surface area contributed by atoms with Crippen molar-refractivity contribution in [3.63, 3.8) is 0 Å². The standard InChI is InChI=1S/C13H14F3N5O2S/c1-7(10(22)18-8-5-3-4-6-9(8)23-2)24-12-20-19-11(21(12)17)13(14,15)16/h3-7H,17H2,1-2H3,(H,18,22)/t7-/m1/s1. The van der Waals surface area contributed by atoms with Gasteiger partial charge in [-0.2, -0.15) is 13.2 Å². The SMILES string of the molecule is COc1ccccc1NC(=O)[C@@H](C)Sc1nnc(C(F)(F)F)n1N. The van der Waals surface area contributed by atoms with Gasteiger partial charge in [0.1, 0.15) is 5.75 Å². The predicted octanol–water partition coefficient (Wildman–Crippen LogP) is 2.14. The van der Waals surface area contributed by atoms with Gasteiger partial charge in [0.05, 0.1) is 18.0 Å². The van der Waals surface area contributed by atoms with Gasteiger partial charge in [-0.05, 0) is 19.1 Å². The second kappa shape index (κ2) is 6.99. The van der Waals surface area contributed by atoms with E-state index in [-0.39, 0.29) is 5.16 Å². The summed E-state index contributed by atoms with van der Waals surface area (Å²) >= 11 is 0.759. The van der Waals surface area contributed by atoms with Crippen molar-refractivity contribution in [2.45, 2.75) is 23.5 Å². The summed E-state index contributed by atoms with van der Waals surface area (Å²) < 4.78 is 43.3. The number of carbonyl (C=O) groups is 1. The van der Waals surface area contributed by atoms with Gasteiger partial charge in [0.25, 0.3) is 5.82 Å². The number of nitrogen functional groups attached to an aromatic ring is 1. The van der Waals surface area contributed by atoms with E-state index in [1.54, 1.807) is 24.3 Å². The van der Waals surface area contributed by atoms with E-state index in [2.05, 4.69) is 15.5 Å². The lowest BCUT2D eigenvalue weighted by molar-refractivity contribution is -0.146. The minimum absolute atomic E-state index is 0.218. The van der Waals surface area contributed by atoms with Crippen molar-refractivity contribution in [1.82, 2.24) is 14.9 Å². The number of thioether (sulfide) groups is 1. The molecule has 11 heteroatoms. The van der Waals surface area contributed by atoms with Crippen molar-refractivity contribution in [1.29, 1.82) is 0 Å². The van der Waals surface area contributed by atoms with Gasteiger partial charge in [-0.25, -0.2) is 4.68 Å². The molecule has 0 saturated carbocycles. The third-order valence-corrected chi connectivity index (χ3v) is 3.99. The Bertz CT molecular complexity index is 735. The maximum Gasteiger partial charge on any atom is 0.453 e. The lowest BCUT2D eigenvalue weighted by Gasteiger charge is -2.13. The smallest absolute Gasteiger partial charge is 0.453 e. The molecule has 130 valence electrons. The zero-order valence-electron chi connectivity index (χ0n) is 12.7. The van der Waals surface area contributed by atoms with E-state index >= 15 is 0 Å². The zero-order valence-corrected chi connectivity index (χ0v) is 13.5. The molecule has 2 aromatic rings. The maximum absolute atomic E-state index is 12.6. The van der Waals surface area contributed by atoms with Crippen molar-refractivity contribution in [2.24, 2.45) is 0 Å². The Hall–Kier alpha value is -2.43. The first-order chi connectivity index (χ1) is 11.2. The van der Waals surface area contributed by atoms with Crippen LogP contribution in [-0.4, -0.2) is 33.1 Å². The van der Waals surface area contributed by atoms with Crippen LogP contribution in [0.5, 0.6) is 5.75 Å². The number of nitrogens with one attached hydrogen (secondary N) is 1. The monoisotopic (exact) mass is 361 g/mol. The van der Waals surface area contributed by atoms with Gasteiger partial charge in [0, 0.05) is 0 Å². The number of hydrogen-bond acceptors (Lipinski definition) is 6. The van der Waals surface area contributed by atoms with E-state index in [1.807, 2.05) is 0 Å². The van der Waals surface area contributed by atoms with Crippen LogP contribution in [0, 0.1) is 0 Å². The number of ether oxygens (including phenoxy) is 1. The molecule has 0 aliphatic rings. The Balaban J connectivity index is 2.08.